The minimum Gasteiger partial charge on any atom is -0.454 e. The molecule has 3 rings (SSSR count). The minimum absolute atomic E-state index is 0.148. The van der Waals surface area contributed by atoms with E-state index in [0.717, 1.165) is 0 Å². The van der Waals surface area contributed by atoms with Crippen LogP contribution in [-0.2, 0) is 10.0 Å². The van der Waals surface area contributed by atoms with E-state index in [1.54, 1.807) is 62.4 Å². The van der Waals surface area contributed by atoms with Gasteiger partial charge in [-0.3, -0.25) is 4.79 Å². The average Bonchev–Trinajstić information content (AvgIpc) is 2.77. The van der Waals surface area contributed by atoms with Gasteiger partial charge in [0.05, 0.1) is 15.6 Å². The molecule has 162 valence electrons. The lowest BCUT2D eigenvalue weighted by molar-refractivity contribution is 0.102. The van der Waals surface area contributed by atoms with Crippen LogP contribution in [0, 0.1) is 0 Å². The van der Waals surface area contributed by atoms with Crippen molar-refractivity contribution in [3.63, 3.8) is 0 Å². The topological polar surface area (TPSA) is 75.7 Å². The van der Waals surface area contributed by atoms with Crippen molar-refractivity contribution in [2.24, 2.45) is 0 Å². The summed E-state index contributed by atoms with van der Waals surface area (Å²) in [5.74, 6) is 0.517. The van der Waals surface area contributed by atoms with Crippen LogP contribution in [0.15, 0.2) is 77.7 Å². The number of hydrogen-bond donors (Lipinski definition) is 1. The summed E-state index contributed by atoms with van der Waals surface area (Å²) in [7, 11) is -3.58. The fraction of sp³-hybridized carbons (Fsp3) is 0.174. The minimum atomic E-state index is -3.58. The maximum Gasteiger partial charge on any atom is 0.255 e. The van der Waals surface area contributed by atoms with Crippen molar-refractivity contribution < 1.29 is 17.9 Å². The fourth-order valence-corrected chi connectivity index (χ4v) is 4.62. The monoisotopic (exact) mass is 458 g/mol. The summed E-state index contributed by atoms with van der Waals surface area (Å²) in [6, 6.07) is 19.9. The molecule has 0 aromatic heterocycles. The Bertz CT molecular complexity index is 1160. The van der Waals surface area contributed by atoms with Gasteiger partial charge in [-0.25, -0.2) is 8.42 Å². The van der Waals surface area contributed by atoms with Gasteiger partial charge in [0, 0.05) is 18.7 Å². The first kappa shape index (κ1) is 22.8. The molecule has 3 aromatic carbocycles. The Labute approximate surface area is 187 Å². The van der Waals surface area contributed by atoms with E-state index in [1.165, 1.54) is 28.6 Å². The molecule has 0 saturated heterocycles. The van der Waals surface area contributed by atoms with Crippen LogP contribution >= 0.6 is 11.6 Å². The zero-order valence-electron chi connectivity index (χ0n) is 17.2. The number of carbonyl (C=O) groups is 1. The zero-order valence-corrected chi connectivity index (χ0v) is 18.8. The Morgan fingerprint density at radius 1 is 0.903 bits per heavy atom. The third kappa shape index (κ3) is 5.25. The van der Waals surface area contributed by atoms with E-state index >= 15 is 0 Å². The summed E-state index contributed by atoms with van der Waals surface area (Å²) in [6.07, 6.45) is 0. The molecule has 0 atom stereocenters. The van der Waals surface area contributed by atoms with Crippen LogP contribution in [0.3, 0.4) is 0 Å². The van der Waals surface area contributed by atoms with E-state index in [2.05, 4.69) is 5.32 Å². The van der Waals surface area contributed by atoms with E-state index < -0.39 is 10.0 Å². The summed E-state index contributed by atoms with van der Waals surface area (Å²) in [6.45, 7) is 4.32. The number of rotatable bonds is 8. The number of benzene rings is 3. The van der Waals surface area contributed by atoms with Crippen LogP contribution in [0.25, 0.3) is 0 Å². The van der Waals surface area contributed by atoms with Gasteiger partial charge in [-0.1, -0.05) is 49.7 Å². The number of amides is 1. The Hall–Kier alpha value is -2.87. The lowest BCUT2D eigenvalue weighted by atomic mass is 10.2. The van der Waals surface area contributed by atoms with Crippen LogP contribution in [0.2, 0.25) is 5.02 Å². The molecule has 0 saturated carbocycles. The molecule has 0 heterocycles. The normalized spacial score (nSPS) is 11.4. The van der Waals surface area contributed by atoms with Crippen LogP contribution in [0.4, 0.5) is 5.69 Å². The van der Waals surface area contributed by atoms with Gasteiger partial charge >= 0.3 is 0 Å². The smallest absolute Gasteiger partial charge is 0.255 e. The highest BCUT2D eigenvalue weighted by atomic mass is 35.5. The van der Waals surface area contributed by atoms with Crippen LogP contribution in [-0.4, -0.2) is 31.7 Å². The molecule has 0 bridgehead atoms. The second-order valence-electron chi connectivity index (χ2n) is 6.60. The number of anilines is 1. The van der Waals surface area contributed by atoms with Gasteiger partial charge in [0.15, 0.2) is 5.75 Å². The van der Waals surface area contributed by atoms with E-state index in [-0.39, 0.29) is 10.8 Å². The van der Waals surface area contributed by atoms with Gasteiger partial charge in [0.2, 0.25) is 10.0 Å². The highest BCUT2D eigenvalue weighted by Gasteiger charge is 2.22. The number of nitrogens with zero attached hydrogens (tertiary/aromatic N) is 1. The van der Waals surface area contributed by atoms with Crippen molar-refractivity contribution in [1.29, 1.82) is 0 Å². The van der Waals surface area contributed by atoms with E-state index in [0.29, 0.717) is 40.9 Å². The van der Waals surface area contributed by atoms with Gasteiger partial charge in [0.25, 0.3) is 5.91 Å². The highest BCUT2D eigenvalue weighted by molar-refractivity contribution is 7.89. The van der Waals surface area contributed by atoms with Crippen molar-refractivity contribution in [3.8, 4) is 11.5 Å². The molecule has 0 fully saturated rings. The molecule has 0 spiro atoms. The molecule has 0 aliphatic rings. The summed E-state index contributed by atoms with van der Waals surface area (Å²) in [4.78, 5) is 12.9. The Morgan fingerprint density at radius 2 is 1.48 bits per heavy atom. The molecular weight excluding hydrogens is 436 g/mol. The molecule has 6 nitrogen and oxygen atoms in total. The number of sulfonamides is 1. The van der Waals surface area contributed by atoms with E-state index in [9.17, 15) is 13.2 Å². The quantitative estimate of drug-likeness (QED) is 0.489. The van der Waals surface area contributed by atoms with E-state index in [1.807, 2.05) is 0 Å². The lowest BCUT2D eigenvalue weighted by Crippen LogP contribution is -2.30. The van der Waals surface area contributed by atoms with Crippen molar-refractivity contribution in [1.82, 2.24) is 4.31 Å². The Kier molecular flexibility index (Phi) is 7.33. The second kappa shape index (κ2) is 9.96. The predicted molar refractivity (Wildman–Crippen MR) is 122 cm³/mol. The van der Waals surface area contributed by atoms with Gasteiger partial charge in [-0.05, 0) is 48.5 Å². The second-order valence-corrected chi connectivity index (χ2v) is 8.94. The Balaban J connectivity index is 1.79. The number of halogens is 1. The van der Waals surface area contributed by atoms with Crippen molar-refractivity contribution in [3.05, 3.63) is 83.4 Å². The highest BCUT2D eigenvalue weighted by Crippen LogP contribution is 2.33. The molecule has 1 amide bonds. The lowest BCUT2D eigenvalue weighted by Gasteiger charge is -2.18. The number of para-hydroxylation sites is 3. The Morgan fingerprint density at radius 3 is 2.10 bits per heavy atom. The molecular formula is C23H23ClN2O4S. The zero-order chi connectivity index (χ0) is 22.4. The third-order valence-corrected chi connectivity index (χ3v) is 7.03. The number of carbonyl (C=O) groups excluding carboxylic acids is 1. The third-order valence-electron chi connectivity index (χ3n) is 4.65. The summed E-state index contributed by atoms with van der Waals surface area (Å²) in [5, 5.41) is 3.26. The van der Waals surface area contributed by atoms with Crippen LogP contribution in [0.1, 0.15) is 24.2 Å². The molecule has 1 N–H and O–H groups in total. The van der Waals surface area contributed by atoms with Crippen molar-refractivity contribution in [2.45, 2.75) is 18.7 Å². The van der Waals surface area contributed by atoms with Gasteiger partial charge < -0.3 is 10.1 Å². The maximum absolute atomic E-state index is 12.7. The summed E-state index contributed by atoms with van der Waals surface area (Å²) < 4.78 is 32.4. The first-order valence-electron chi connectivity index (χ1n) is 9.79. The molecule has 0 aliphatic heterocycles. The fourth-order valence-electron chi connectivity index (χ4n) is 2.99. The maximum atomic E-state index is 12.7. The van der Waals surface area contributed by atoms with Crippen LogP contribution in [0.5, 0.6) is 11.5 Å². The van der Waals surface area contributed by atoms with Gasteiger partial charge in [0.1, 0.15) is 5.75 Å². The molecule has 8 heteroatoms. The predicted octanol–water partition coefficient (Wildman–Crippen LogP) is 5.42. The molecule has 31 heavy (non-hydrogen) atoms. The summed E-state index contributed by atoms with van der Waals surface area (Å²) >= 11 is 6.16. The first-order valence-corrected chi connectivity index (χ1v) is 11.6. The van der Waals surface area contributed by atoms with Crippen molar-refractivity contribution >= 4 is 33.2 Å². The standard InChI is InChI=1S/C23H23ClN2O4S/c1-3-26(4-2)31(28,29)18-15-13-17(14-16-18)23(27)25-20-10-6-8-12-22(20)30-21-11-7-5-9-19(21)24/h5-16H,3-4H2,1-2H3,(H,25,27). The molecule has 0 radical (unpaired) electrons. The average molecular weight is 459 g/mol. The molecule has 3 aromatic rings. The SMILES string of the molecule is CCN(CC)S(=O)(=O)c1ccc(C(=O)Nc2ccccc2Oc2ccccc2Cl)cc1. The van der Waals surface area contributed by atoms with Gasteiger partial charge in [-0.2, -0.15) is 4.31 Å². The number of nitrogens with one attached hydrogen (secondary N) is 1. The van der Waals surface area contributed by atoms with E-state index in [4.69, 9.17) is 16.3 Å². The first-order chi connectivity index (χ1) is 14.9. The number of hydrogen-bond acceptors (Lipinski definition) is 4. The molecule has 0 aliphatic carbocycles. The number of ether oxygens (including phenoxy) is 1. The van der Waals surface area contributed by atoms with Gasteiger partial charge in [-0.15, -0.1) is 0 Å². The summed E-state index contributed by atoms with van der Waals surface area (Å²) in [5.41, 5.74) is 0.790. The molecule has 0 unspecified atom stereocenters. The van der Waals surface area contributed by atoms with Crippen molar-refractivity contribution in [2.75, 3.05) is 18.4 Å². The van der Waals surface area contributed by atoms with Crippen LogP contribution < -0.4 is 10.1 Å². The largest absolute Gasteiger partial charge is 0.454 e.